The third kappa shape index (κ3) is 6.47. The van der Waals surface area contributed by atoms with Gasteiger partial charge in [-0.15, -0.1) is 0 Å². The van der Waals surface area contributed by atoms with E-state index in [1.807, 2.05) is 12.1 Å². The number of nitrogens with zero attached hydrogens (tertiary/aromatic N) is 4. The molecule has 1 saturated carbocycles. The van der Waals surface area contributed by atoms with Crippen molar-refractivity contribution in [3.63, 3.8) is 0 Å². The topological polar surface area (TPSA) is 65.6 Å². The second-order valence-corrected chi connectivity index (χ2v) is 11.5. The van der Waals surface area contributed by atoms with Crippen LogP contribution in [0, 0.1) is 0 Å². The highest BCUT2D eigenvalue weighted by atomic mass is 35.5. The van der Waals surface area contributed by atoms with Crippen molar-refractivity contribution < 1.29 is 4.74 Å². The molecule has 0 unspecified atom stereocenters. The largest absolute Gasteiger partial charge is 0.378 e. The van der Waals surface area contributed by atoms with Crippen molar-refractivity contribution in [2.45, 2.75) is 69.7 Å². The van der Waals surface area contributed by atoms with Gasteiger partial charge in [-0.2, -0.15) is 9.97 Å². The summed E-state index contributed by atoms with van der Waals surface area (Å²) in [6.07, 6.45) is 9.68. The van der Waals surface area contributed by atoms with E-state index in [0.717, 1.165) is 68.9 Å². The summed E-state index contributed by atoms with van der Waals surface area (Å²) >= 11 is 12.0. The molecule has 0 spiro atoms. The van der Waals surface area contributed by atoms with Gasteiger partial charge in [0.05, 0.1) is 13.2 Å². The van der Waals surface area contributed by atoms with Crippen LogP contribution in [0.5, 0.6) is 0 Å². The van der Waals surface area contributed by atoms with E-state index in [9.17, 15) is 0 Å². The number of aromatic nitrogens is 2. The van der Waals surface area contributed by atoms with Gasteiger partial charge in [-0.25, -0.2) is 0 Å². The second-order valence-electron chi connectivity index (χ2n) is 10.7. The highest BCUT2D eigenvalue weighted by molar-refractivity contribution is 7.80. The molecule has 0 bridgehead atoms. The maximum Gasteiger partial charge on any atom is 0.232 e. The molecule has 2 aliphatic heterocycles. The fourth-order valence-electron chi connectivity index (χ4n) is 6.01. The zero-order chi connectivity index (χ0) is 25.7. The summed E-state index contributed by atoms with van der Waals surface area (Å²) in [6, 6.07) is 10.9. The predicted molar refractivity (Wildman–Crippen MR) is 156 cm³/mol. The van der Waals surface area contributed by atoms with E-state index in [1.165, 1.54) is 44.1 Å². The van der Waals surface area contributed by atoms with E-state index >= 15 is 0 Å². The molecule has 1 atom stereocenters. The van der Waals surface area contributed by atoms with Crippen molar-refractivity contribution in [1.29, 1.82) is 0 Å². The summed E-state index contributed by atoms with van der Waals surface area (Å²) in [5, 5.41) is 8.19. The number of nitrogens with one attached hydrogen (secondary N) is 2. The molecule has 1 aliphatic carbocycles. The number of morpholine rings is 1. The Kier molecular flexibility index (Phi) is 8.67. The molecule has 9 heteroatoms. The molecule has 1 aromatic heterocycles. The maximum atomic E-state index is 6.19. The van der Waals surface area contributed by atoms with Crippen LogP contribution in [0.25, 0.3) is 0 Å². The monoisotopic (exact) mass is 542 g/mol. The first-order chi connectivity index (χ1) is 18.0. The van der Waals surface area contributed by atoms with Crippen molar-refractivity contribution in [3.8, 4) is 0 Å². The van der Waals surface area contributed by atoms with Crippen molar-refractivity contribution >= 4 is 46.5 Å². The van der Waals surface area contributed by atoms with E-state index in [4.69, 9.17) is 38.5 Å². The second kappa shape index (κ2) is 12.1. The van der Waals surface area contributed by atoms with E-state index < -0.39 is 0 Å². The smallest absolute Gasteiger partial charge is 0.232 e. The minimum absolute atomic E-state index is 0.0550. The van der Waals surface area contributed by atoms with E-state index in [2.05, 4.69) is 45.6 Å². The normalized spacial score (nSPS) is 21.9. The van der Waals surface area contributed by atoms with Gasteiger partial charge in [-0.05, 0) is 68.9 Å². The van der Waals surface area contributed by atoms with Gasteiger partial charge in [-0.3, -0.25) is 0 Å². The molecular formula is C28H39ClN6OS. The van der Waals surface area contributed by atoms with Crippen LogP contribution in [0.3, 0.4) is 0 Å². The van der Waals surface area contributed by atoms with Crippen LogP contribution in [0.15, 0.2) is 30.3 Å². The Hall–Kier alpha value is -2.16. The highest BCUT2D eigenvalue weighted by Crippen LogP contribution is 2.39. The standard InChI is InChI=1S/C28H39ClN6OS/c1-21-7-3-6-14-35(21)25-19-24(34-15-17-36-18-16-34)31-26(32-25)33-27(37)30-20-28(12-4-2-5-13-28)22-8-10-23(29)11-9-22/h8-11,19,21H,2-7,12-18,20H2,1H3,(H2,30,31,32,33,37)/t21-/m1/s1. The molecule has 3 heterocycles. The van der Waals surface area contributed by atoms with E-state index in [0.29, 0.717) is 17.1 Å². The fraction of sp³-hybridized carbons (Fsp3) is 0.607. The maximum absolute atomic E-state index is 6.19. The molecule has 37 heavy (non-hydrogen) atoms. The van der Waals surface area contributed by atoms with E-state index in [-0.39, 0.29) is 5.41 Å². The zero-order valence-corrected chi connectivity index (χ0v) is 23.4. The first kappa shape index (κ1) is 26.4. The number of rotatable bonds is 6. The van der Waals surface area contributed by atoms with Gasteiger partial charge in [0.25, 0.3) is 0 Å². The van der Waals surface area contributed by atoms with Crippen molar-refractivity contribution in [2.24, 2.45) is 0 Å². The Labute approximate surface area is 231 Å². The lowest BCUT2D eigenvalue weighted by molar-refractivity contribution is 0.122. The molecule has 2 N–H and O–H groups in total. The third-order valence-corrected chi connectivity index (χ3v) is 8.71. The Morgan fingerprint density at radius 2 is 1.76 bits per heavy atom. The lowest BCUT2D eigenvalue weighted by atomic mass is 9.69. The van der Waals surface area contributed by atoms with Crippen molar-refractivity contribution in [1.82, 2.24) is 15.3 Å². The van der Waals surface area contributed by atoms with Gasteiger partial charge in [0.2, 0.25) is 5.95 Å². The van der Waals surface area contributed by atoms with Crippen LogP contribution in [0.4, 0.5) is 17.6 Å². The summed E-state index contributed by atoms with van der Waals surface area (Å²) in [4.78, 5) is 14.5. The van der Waals surface area contributed by atoms with Gasteiger partial charge in [0.15, 0.2) is 5.11 Å². The van der Waals surface area contributed by atoms with Gasteiger partial charge in [0, 0.05) is 48.7 Å². The molecule has 7 nitrogen and oxygen atoms in total. The summed E-state index contributed by atoms with van der Waals surface area (Å²) in [7, 11) is 0. The average Bonchev–Trinajstić information content (AvgIpc) is 2.93. The Morgan fingerprint density at radius 3 is 2.49 bits per heavy atom. The van der Waals surface area contributed by atoms with Gasteiger partial charge in [0.1, 0.15) is 11.6 Å². The third-order valence-electron chi connectivity index (χ3n) is 8.21. The minimum atomic E-state index is 0.0550. The molecule has 0 radical (unpaired) electrons. The summed E-state index contributed by atoms with van der Waals surface area (Å²) in [5.74, 6) is 2.46. The number of hydrogen-bond acceptors (Lipinski definition) is 6. The quantitative estimate of drug-likeness (QED) is 0.462. The van der Waals surface area contributed by atoms with Gasteiger partial charge in [-0.1, -0.05) is 43.0 Å². The molecule has 1 aromatic carbocycles. The summed E-state index contributed by atoms with van der Waals surface area (Å²) in [6.45, 7) is 7.18. The molecule has 200 valence electrons. The zero-order valence-electron chi connectivity index (χ0n) is 21.8. The minimum Gasteiger partial charge on any atom is -0.378 e. The SMILES string of the molecule is C[C@@H]1CCCCN1c1cc(N2CCOCC2)nc(NC(=S)NCC2(c3ccc(Cl)cc3)CCCCC2)n1. The van der Waals surface area contributed by atoms with Crippen LogP contribution in [-0.4, -0.2) is 60.5 Å². The van der Waals surface area contributed by atoms with E-state index in [1.54, 1.807) is 0 Å². The lowest BCUT2D eigenvalue weighted by Crippen LogP contribution is -2.44. The number of thiocarbonyl (C=S) groups is 1. The molecule has 2 saturated heterocycles. The average molecular weight is 543 g/mol. The molecular weight excluding hydrogens is 504 g/mol. The van der Waals surface area contributed by atoms with Crippen molar-refractivity contribution in [2.75, 3.05) is 54.5 Å². The fourth-order valence-corrected chi connectivity index (χ4v) is 6.30. The summed E-state index contributed by atoms with van der Waals surface area (Å²) < 4.78 is 5.57. The molecule has 5 rings (SSSR count). The summed E-state index contributed by atoms with van der Waals surface area (Å²) in [5.41, 5.74) is 1.39. The highest BCUT2D eigenvalue weighted by Gasteiger charge is 2.34. The lowest BCUT2D eigenvalue weighted by Gasteiger charge is -2.38. The number of anilines is 3. The molecule has 3 aliphatic rings. The van der Waals surface area contributed by atoms with Crippen LogP contribution < -0.4 is 20.4 Å². The first-order valence-corrected chi connectivity index (χ1v) is 14.6. The van der Waals surface area contributed by atoms with Gasteiger partial charge < -0.3 is 25.2 Å². The van der Waals surface area contributed by atoms with Crippen LogP contribution in [0.1, 0.15) is 63.9 Å². The Bertz CT molecular complexity index is 1060. The molecule has 0 amide bonds. The number of hydrogen-bond donors (Lipinski definition) is 2. The Balaban J connectivity index is 1.33. The van der Waals surface area contributed by atoms with Gasteiger partial charge >= 0.3 is 0 Å². The molecule has 2 aromatic rings. The number of ether oxygens (including phenoxy) is 1. The number of benzene rings is 1. The number of halogens is 1. The van der Waals surface area contributed by atoms with Crippen LogP contribution >= 0.6 is 23.8 Å². The van der Waals surface area contributed by atoms with Crippen LogP contribution in [0.2, 0.25) is 5.02 Å². The first-order valence-electron chi connectivity index (χ1n) is 13.8. The predicted octanol–water partition coefficient (Wildman–Crippen LogP) is 5.53. The number of piperidine rings is 1. The Morgan fingerprint density at radius 1 is 1.03 bits per heavy atom. The van der Waals surface area contributed by atoms with Crippen molar-refractivity contribution in [3.05, 3.63) is 40.9 Å². The molecule has 3 fully saturated rings. The van der Waals surface area contributed by atoms with Crippen LogP contribution in [-0.2, 0) is 10.2 Å².